The molecule has 0 heterocycles. The van der Waals surface area contributed by atoms with Gasteiger partial charge in [0.2, 0.25) is 0 Å². The summed E-state index contributed by atoms with van der Waals surface area (Å²) < 4.78 is 4.96. The number of ether oxygens (including phenoxy) is 1. The molecule has 0 spiro atoms. The van der Waals surface area contributed by atoms with Crippen LogP contribution in [0, 0.1) is 11.3 Å². The first-order chi connectivity index (χ1) is 10.2. The Morgan fingerprint density at radius 2 is 2.10 bits per heavy atom. The third kappa shape index (κ3) is 3.31. The van der Waals surface area contributed by atoms with Gasteiger partial charge in [-0.3, -0.25) is 0 Å². The van der Waals surface area contributed by atoms with Gasteiger partial charge in [-0.15, -0.1) is 0 Å². The van der Waals surface area contributed by atoms with Gasteiger partial charge in [-0.2, -0.15) is 5.26 Å². The highest BCUT2D eigenvalue weighted by molar-refractivity contribution is 5.96. The molecule has 0 fully saturated rings. The van der Waals surface area contributed by atoms with Crippen molar-refractivity contribution in [3.05, 3.63) is 53.6 Å². The molecule has 0 aliphatic heterocycles. The second-order valence-corrected chi connectivity index (χ2v) is 4.30. The summed E-state index contributed by atoms with van der Waals surface area (Å²) in [5.41, 5.74) is 8.29. The van der Waals surface area contributed by atoms with E-state index in [4.69, 9.17) is 15.7 Å². The SMILES string of the molecule is CCOC(=O)c1cc(Nc2ccccc2C#N)ccc1N. The summed E-state index contributed by atoms with van der Waals surface area (Å²) in [6.07, 6.45) is 0. The molecule has 0 saturated carbocycles. The number of benzene rings is 2. The fourth-order valence-corrected chi connectivity index (χ4v) is 1.86. The third-order valence-corrected chi connectivity index (χ3v) is 2.88. The van der Waals surface area contributed by atoms with Crippen LogP contribution in [0.1, 0.15) is 22.8 Å². The van der Waals surface area contributed by atoms with Crippen LogP contribution in [0.4, 0.5) is 17.1 Å². The lowest BCUT2D eigenvalue weighted by molar-refractivity contribution is 0.0527. The minimum absolute atomic E-state index is 0.285. The molecule has 0 aromatic heterocycles. The van der Waals surface area contributed by atoms with Crippen LogP contribution < -0.4 is 11.1 Å². The molecule has 0 atom stereocenters. The number of nitrogen functional groups attached to an aromatic ring is 1. The molecular formula is C16H15N3O2. The van der Waals surface area contributed by atoms with E-state index >= 15 is 0 Å². The maximum Gasteiger partial charge on any atom is 0.340 e. The molecule has 0 bridgehead atoms. The minimum atomic E-state index is -0.466. The van der Waals surface area contributed by atoms with Crippen LogP contribution in [0.3, 0.4) is 0 Å². The summed E-state index contributed by atoms with van der Waals surface area (Å²) in [6.45, 7) is 2.02. The molecule has 0 unspecified atom stereocenters. The molecule has 0 radical (unpaired) electrons. The third-order valence-electron chi connectivity index (χ3n) is 2.88. The van der Waals surface area contributed by atoms with Gasteiger partial charge in [0.1, 0.15) is 6.07 Å². The van der Waals surface area contributed by atoms with E-state index in [1.54, 1.807) is 43.3 Å². The molecule has 0 saturated heterocycles. The Bertz CT molecular complexity index is 705. The number of rotatable bonds is 4. The zero-order chi connectivity index (χ0) is 15.2. The van der Waals surface area contributed by atoms with Gasteiger partial charge in [-0.05, 0) is 37.3 Å². The van der Waals surface area contributed by atoms with Gasteiger partial charge in [-0.25, -0.2) is 4.79 Å². The molecular weight excluding hydrogens is 266 g/mol. The number of anilines is 3. The maximum absolute atomic E-state index is 11.8. The van der Waals surface area contributed by atoms with E-state index in [-0.39, 0.29) is 6.61 Å². The van der Waals surface area contributed by atoms with Crippen LogP contribution in [0.25, 0.3) is 0 Å². The largest absolute Gasteiger partial charge is 0.462 e. The summed E-state index contributed by atoms with van der Waals surface area (Å²) in [5, 5.41) is 12.2. The van der Waals surface area contributed by atoms with Crippen molar-refractivity contribution >= 4 is 23.0 Å². The van der Waals surface area contributed by atoms with Crippen molar-refractivity contribution in [3.63, 3.8) is 0 Å². The fourth-order valence-electron chi connectivity index (χ4n) is 1.86. The van der Waals surface area contributed by atoms with Gasteiger partial charge < -0.3 is 15.8 Å². The highest BCUT2D eigenvalue weighted by Gasteiger charge is 2.12. The average molecular weight is 281 g/mol. The van der Waals surface area contributed by atoms with Gasteiger partial charge in [0.15, 0.2) is 0 Å². The molecule has 2 aromatic carbocycles. The molecule has 2 aromatic rings. The van der Waals surface area contributed by atoms with E-state index in [9.17, 15) is 4.79 Å². The first-order valence-electron chi connectivity index (χ1n) is 6.48. The number of nitriles is 1. The first kappa shape index (κ1) is 14.4. The molecule has 5 nitrogen and oxygen atoms in total. The smallest absolute Gasteiger partial charge is 0.340 e. The van der Waals surface area contributed by atoms with Crippen LogP contribution in [0.15, 0.2) is 42.5 Å². The first-order valence-corrected chi connectivity index (χ1v) is 6.48. The van der Waals surface area contributed by atoms with Crippen LogP contribution >= 0.6 is 0 Å². The molecule has 0 amide bonds. The number of hydrogen-bond donors (Lipinski definition) is 2. The maximum atomic E-state index is 11.8. The van der Waals surface area contributed by atoms with Crippen molar-refractivity contribution in [1.29, 1.82) is 5.26 Å². The van der Waals surface area contributed by atoms with Crippen LogP contribution in [-0.4, -0.2) is 12.6 Å². The summed E-state index contributed by atoms with van der Waals surface area (Å²) >= 11 is 0. The zero-order valence-electron chi connectivity index (χ0n) is 11.6. The lowest BCUT2D eigenvalue weighted by Gasteiger charge is -2.11. The topological polar surface area (TPSA) is 88.1 Å². The number of nitrogens with zero attached hydrogens (tertiary/aromatic N) is 1. The Kier molecular flexibility index (Phi) is 4.42. The Labute approximate surface area is 123 Å². The lowest BCUT2D eigenvalue weighted by atomic mass is 10.1. The van der Waals surface area contributed by atoms with E-state index in [1.807, 2.05) is 6.07 Å². The van der Waals surface area contributed by atoms with Crippen molar-refractivity contribution in [3.8, 4) is 6.07 Å². The monoisotopic (exact) mass is 281 g/mol. The Morgan fingerprint density at radius 1 is 1.33 bits per heavy atom. The number of para-hydroxylation sites is 1. The van der Waals surface area contributed by atoms with E-state index < -0.39 is 5.97 Å². The summed E-state index contributed by atoms with van der Waals surface area (Å²) in [7, 11) is 0. The molecule has 5 heteroatoms. The van der Waals surface area contributed by atoms with Crippen LogP contribution in [-0.2, 0) is 4.74 Å². The van der Waals surface area contributed by atoms with E-state index in [1.165, 1.54) is 0 Å². The van der Waals surface area contributed by atoms with Crippen LogP contribution in [0.5, 0.6) is 0 Å². The second-order valence-electron chi connectivity index (χ2n) is 4.30. The van der Waals surface area contributed by atoms with Crippen molar-refractivity contribution < 1.29 is 9.53 Å². The van der Waals surface area contributed by atoms with E-state index in [0.717, 1.165) is 0 Å². The average Bonchev–Trinajstić information content (AvgIpc) is 2.50. The van der Waals surface area contributed by atoms with Crippen molar-refractivity contribution in [2.75, 3.05) is 17.7 Å². The van der Waals surface area contributed by atoms with Crippen LogP contribution in [0.2, 0.25) is 0 Å². The molecule has 0 aliphatic carbocycles. The quantitative estimate of drug-likeness (QED) is 0.664. The van der Waals surface area contributed by atoms with Crippen molar-refractivity contribution in [2.45, 2.75) is 6.92 Å². The Balaban J connectivity index is 2.31. The minimum Gasteiger partial charge on any atom is -0.462 e. The van der Waals surface area contributed by atoms with Crippen molar-refractivity contribution in [2.24, 2.45) is 0 Å². The van der Waals surface area contributed by atoms with Gasteiger partial charge in [0.05, 0.1) is 23.4 Å². The Morgan fingerprint density at radius 3 is 2.81 bits per heavy atom. The fraction of sp³-hybridized carbons (Fsp3) is 0.125. The van der Waals surface area contributed by atoms with E-state index in [2.05, 4.69) is 11.4 Å². The van der Waals surface area contributed by atoms with Gasteiger partial charge >= 0.3 is 5.97 Å². The van der Waals surface area contributed by atoms with Crippen molar-refractivity contribution in [1.82, 2.24) is 0 Å². The molecule has 0 aliphatic rings. The number of esters is 1. The summed E-state index contributed by atoms with van der Waals surface area (Å²) in [5.74, 6) is -0.466. The number of carbonyl (C=O) groups is 1. The number of nitrogens with two attached hydrogens (primary N) is 1. The molecule has 2 rings (SSSR count). The highest BCUT2D eigenvalue weighted by atomic mass is 16.5. The molecule has 3 N–H and O–H groups in total. The Hall–Kier alpha value is -3.00. The predicted octanol–water partition coefficient (Wildman–Crippen LogP) is 3.06. The van der Waals surface area contributed by atoms with Gasteiger partial charge in [0.25, 0.3) is 0 Å². The van der Waals surface area contributed by atoms with Gasteiger partial charge in [0, 0.05) is 11.4 Å². The lowest BCUT2D eigenvalue weighted by Crippen LogP contribution is -2.08. The second kappa shape index (κ2) is 6.44. The highest BCUT2D eigenvalue weighted by Crippen LogP contribution is 2.24. The normalized spacial score (nSPS) is 9.71. The van der Waals surface area contributed by atoms with Gasteiger partial charge in [-0.1, -0.05) is 12.1 Å². The summed E-state index contributed by atoms with van der Waals surface area (Å²) in [6, 6.07) is 14.2. The van der Waals surface area contributed by atoms with E-state index in [0.29, 0.717) is 28.2 Å². The molecule has 21 heavy (non-hydrogen) atoms. The number of nitrogens with one attached hydrogen (secondary N) is 1. The predicted molar refractivity (Wildman–Crippen MR) is 81.3 cm³/mol. The number of hydrogen-bond acceptors (Lipinski definition) is 5. The zero-order valence-corrected chi connectivity index (χ0v) is 11.6. The number of carbonyl (C=O) groups excluding carboxylic acids is 1. The molecule has 106 valence electrons. The standard InChI is InChI=1S/C16H15N3O2/c1-2-21-16(20)13-9-12(7-8-14(13)18)19-15-6-4-3-5-11(15)10-17/h3-9,19H,2,18H2,1H3. The summed E-state index contributed by atoms with van der Waals surface area (Å²) in [4.78, 5) is 11.8.